The SMILES string of the molecule is CN[C@@H](CCCCN)CC(C)=O. The zero-order valence-electron chi connectivity index (χ0n) is 8.10. The molecule has 0 aliphatic heterocycles. The second kappa shape index (κ2) is 7.25. The zero-order chi connectivity index (χ0) is 9.40. The highest BCUT2D eigenvalue weighted by Crippen LogP contribution is 2.03. The third kappa shape index (κ3) is 6.31. The van der Waals surface area contributed by atoms with Crippen molar-refractivity contribution in [2.45, 2.75) is 38.6 Å². The summed E-state index contributed by atoms with van der Waals surface area (Å²) in [4.78, 5) is 10.8. The van der Waals surface area contributed by atoms with Gasteiger partial charge in [0, 0.05) is 12.5 Å². The summed E-state index contributed by atoms with van der Waals surface area (Å²) < 4.78 is 0. The largest absolute Gasteiger partial charge is 0.330 e. The molecule has 0 saturated carbocycles. The molecule has 0 aliphatic carbocycles. The molecular formula is C9H20N2O. The van der Waals surface area contributed by atoms with Gasteiger partial charge in [-0.25, -0.2) is 0 Å². The van der Waals surface area contributed by atoms with Crippen LogP contribution in [0.3, 0.4) is 0 Å². The van der Waals surface area contributed by atoms with Crippen molar-refractivity contribution in [1.82, 2.24) is 5.32 Å². The number of nitrogens with one attached hydrogen (secondary N) is 1. The van der Waals surface area contributed by atoms with E-state index in [1.165, 1.54) is 0 Å². The molecule has 3 nitrogen and oxygen atoms in total. The highest BCUT2D eigenvalue weighted by molar-refractivity contribution is 5.76. The minimum atomic E-state index is 0.252. The molecular weight excluding hydrogens is 152 g/mol. The molecule has 0 amide bonds. The van der Waals surface area contributed by atoms with E-state index in [0.717, 1.165) is 25.8 Å². The molecule has 3 heteroatoms. The van der Waals surface area contributed by atoms with Crippen molar-refractivity contribution in [3.8, 4) is 0 Å². The van der Waals surface area contributed by atoms with Gasteiger partial charge in [0.05, 0.1) is 0 Å². The Hall–Kier alpha value is -0.410. The van der Waals surface area contributed by atoms with Crippen LogP contribution < -0.4 is 11.1 Å². The van der Waals surface area contributed by atoms with E-state index in [9.17, 15) is 4.79 Å². The fraction of sp³-hybridized carbons (Fsp3) is 0.889. The van der Waals surface area contributed by atoms with E-state index in [0.29, 0.717) is 12.5 Å². The Morgan fingerprint density at radius 2 is 2.17 bits per heavy atom. The molecule has 0 saturated heterocycles. The van der Waals surface area contributed by atoms with Crippen molar-refractivity contribution in [2.75, 3.05) is 13.6 Å². The number of unbranched alkanes of at least 4 members (excludes halogenated alkanes) is 1. The standard InChI is InChI=1S/C9H20N2O/c1-8(12)7-9(11-2)5-3-4-6-10/h9,11H,3-7,10H2,1-2H3/t9-/m0/s1. The van der Waals surface area contributed by atoms with E-state index in [2.05, 4.69) is 5.32 Å². The monoisotopic (exact) mass is 172 g/mol. The predicted molar refractivity (Wildman–Crippen MR) is 51.1 cm³/mol. The molecule has 0 heterocycles. The minimum absolute atomic E-state index is 0.252. The van der Waals surface area contributed by atoms with Crippen molar-refractivity contribution >= 4 is 5.78 Å². The van der Waals surface area contributed by atoms with Gasteiger partial charge in [0.25, 0.3) is 0 Å². The highest BCUT2D eigenvalue weighted by atomic mass is 16.1. The molecule has 0 aromatic carbocycles. The summed E-state index contributed by atoms with van der Waals surface area (Å²) in [7, 11) is 1.90. The van der Waals surface area contributed by atoms with Crippen LogP contribution in [0.2, 0.25) is 0 Å². The van der Waals surface area contributed by atoms with E-state index in [4.69, 9.17) is 5.73 Å². The topological polar surface area (TPSA) is 55.1 Å². The van der Waals surface area contributed by atoms with Crippen LogP contribution in [0.15, 0.2) is 0 Å². The molecule has 0 rings (SSSR count). The lowest BCUT2D eigenvalue weighted by Crippen LogP contribution is -2.27. The molecule has 0 radical (unpaired) electrons. The second-order valence-electron chi connectivity index (χ2n) is 3.18. The van der Waals surface area contributed by atoms with Crippen molar-refractivity contribution in [3.05, 3.63) is 0 Å². The summed E-state index contributed by atoms with van der Waals surface area (Å²) >= 11 is 0. The van der Waals surface area contributed by atoms with Gasteiger partial charge in [-0.15, -0.1) is 0 Å². The van der Waals surface area contributed by atoms with Crippen LogP contribution in [-0.4, -0.2) is 25.4 Å². The van der Waals surface area contributed by atoms with Crippen LogP contribution in [0.4, 0.5) is 0 Å². The first-order valence-electron chi connectivity index (χ1n) is 4.57. The van der Waals surface area contributed by atoms with Crippen LogP contribution in [0.25, 0.3) is 0 Å². The fourth-order valence-electron chi connectivity index (χ4n) is 1.23. The maximum absolute atomic E-state index is 10.8. The molecule has 12 heavy (non-hydrogen) atoms. The number of rotatable bonds is 7. The average Bonchev–Trinajstić information content (AvgIpc) is 2.02. The van der Waals surface area contributed by atoms with E-state index in [1.54, 1.807) is 6.92 Å². The molecule has 0 aromatic rings. The fourth-order valence-corrected chi connectivity index (χ4v) is 1.23. The van der Waals surface area contributed by atoms with E-state index < -0.39 is 0 Å². The van der Waals surface area contributed by atoms with Gasteiger partial charge in [0.1, 0.15) is 5.78 Å². The molecule has 3 N–H and O–H groups in total. The maximum Gasteiger partial charge on any atom is 0.131 e. The Morgan fingerprint density at radius 3 is 2.58 bits per heavy atom. The Bertz CT molecular complexity index is 126. The van der Waals surface area contributed by atoms with Crippen molar-refractivity contribution in [3.63, 3.8) is 0 Å². The number of hydrogen-bond donors (Lipinski definition) is 2. The first-order chi connectivity index (χ1) is 5.70. The van der Waals surface area contributed by atoms with Crippen molar-refractivity contribution in [2.24, 2.45) is 5.73 Å². The lowest BCUT2D eigenvalue weighted by molar-refractivity contribution is -0.117. The summed E-state index contributed by atoms with van der Waals surface area (Å²) in [6.07, 6.45) is 3.85. The van der Waals surface area contributed by atoms with Gasteiger partial charge in [-0.2, -0.15) is 0 Å². The van der Waals surface area contributed by atoms with Crippen molar-refractivity contribution in [1.29, 1.82) is 0 Å². The van der Waals surface area contributed by atoms with Gasteiger partial charge in [0.15, 0.2) is 0 Å². The maximum atomic E-state index is 10.8. The third-order valence-corrected chi connectivity index (χ3v) is 1.95. The van der Waals surface area contributed by atoms with Gasteiger partial charge in [-0.05, 0) is 33.4 Å². The second-order valence-corrected chi connectivity index (χ2v) is 3.18. The van der Waals surface area contributed by atoms with Crippen LogP contribution in [0.1, 0.15) is 32.6 Å². The number of carbonyl (C=O) groups is 1. The Morgan fingerprint density at radius 1 is 1.50 bits per heavy atom. The van der Waals surface area contributed by atoms with E-state index >= 15 is 0 Å². The quantitative estimate of drug-likeness (QED) is 0.555. The number of ketones is 1. The Labute approximate surface area is 74.7 Å². The van der Waals surface area contributed by atoms with Gasteiger partial charge < -0.3 is 11.1 Å². The summed E-state index contributed by atoms with van der Waals surface area (Å²) in [5.41, 5.74) is 5.37. The summed E-state index contributed by atoms with van der Waals surface area (Å²) in [6.45, 7) is 2.38. The molecule has 0 spiro atoms. The van der Waals surface area contributed by atoms with E-state index in [-0.39, 0.29) is 5.78 Å². The number of hydrogen-bond acceptors (Lipinski definition) is 3. The molecule has 0 fully saturated rings. The van der Waals surface area contributed by atoms with Crippen LogP contribution in [0.5, 0.6) is 0 Å². The molecule has 0 aromatic heterocycles. The van der Waals surface area contributed by atoms with Crippen LogP contribution in [-0.2, 0) is 4.79 Å². The van der Waals surface area contributed by atoms with Gasteiger partial charge >= 0.3 is 0 Å². The Kier molecular flexibility index (Phi) is 7.00. The summed E-state index contributed by atoms with van der Waals surface area (Å²) in [5.74, 6) is 0.252. The molecule has 0 aliphatic rings. The normalized spacial score (nSPS) is 12.9. The molecule has 0 bridgehead atoms. The Balaban J connectivity index is 3.46. The van der Waals surface area contributed by atoms with Crippen molar-refractivity contribution < 1.29 is 4.79 Å². The number of nitrogens with two attached hydrogens (primary N) is 1. The highest BCUT2D eigenvalue weighted by Gasteiger charge is 2.07. The molecule has 72 valence electrons. The number of carbonyl (C=O) groups excluding carboxylic acids is 1. The molecule has 0 unspecified atom stereocenters. The smallest absolute Gasteiger partial charge is 0.131 e. The third-order valence-electron chi connectivity index (χ3n) is 1.95. The lowest BCUT2D eigenvalue weighted by Gasteiger charge is -2.13. The zero-order valence-corrected chi connectivity index (χ0v) is 8.10. The predicted octanol–water partition coefficient (Wildman–Crippen LogP) is 0.682. The summed E-state index contributed by atoms with van der Waals surface area (Å²) in [6, 6.07) is 0.342. The lowest BCUT2D eigenvalue weighted by atomic mass is 10.0. The first-order valence-corrected chi connectivity index (χ1v) is 4.57. The summed E-state index contributed by atoms with van der Waals surface area (Å²) in [5, 5.41) is 3.13. The first kappa shape index (κ1) is 11.6. The minimum Gasteiger partial charge on any atom is -0.330 e. The number of Topliss-reactive ketones (excluding diaryl/α,β-unsaturated/α-hetero) is 1. The van der Waals surface area contributed by atoms with Crippen LogP contribution in [0, 0.1) is 0 Å². The average molecular weight is 172 g/mol. The van der Waals surface area contributed by atoms with Gasteiger partial charge in [-0.1, -0.05) is 6.42 Å². The molecule has 1 atom stereocenters. The van der Waals surface area contributed by atoms with Gasteiger partial charge in [0.2, 0.25) is 0 Å². The van der Waals surface area contributed by atoms with Crippen LogP contribution >= 0.6 is 0 Å². The van der Waals surface area contributed by atoms with Gasteiger partial charge in [-0.3, -0.25) is 4.79 Å². The van der Waals surface area contributed by atoms with E-state index in [1.807, 2.05) is 7.05 Å².